The number of nitrogens with one attached hydrogen (secondary N) is 1. The fourth-order valence-electron chi connectivity index (χ4n) is 1.70. The molecule has 0 spiro atoms. The first-order chi connectivity index (χ1) is 8.15. The summed E-state index contributed by atoms with van der Waals surface area (Å²) in [6.45, 7) is 7.43. The van der Waals surface area contributed by atoms with Crippen molar-refractivity contribution >= 4 is 5.82 Å². The van der Waals surface area contributed by atoms with Crippen LogP contribution in [0.5, 0.6) is 5.88 Å². The number of unbranched alkanes of at least 4 members (excludes halogenated alkanes) is 1. The van der Waals surface area contributed by atoms with Crippen LogP contribution in [-0.2, 0) is 0 Å². The number of nitrogens with zero attached hydrogens (tertiary/aromatic N) is 2. The highest BCUT2D eigenvalue weighted by Crippen LogP contribution is 2.19. The number of aromatic nitrogens is 2. The second-order valence-electron chi connectivity index (χ2n) is 4.67. The van der Waals surface area contributed by atoms with Gasteiger partial charge >= 0.3 is 0 Å². The average Bonchev–Trinajstić information content (AvgIpc) is 2.30. The molecule has 0 aliphatic rings. The Bertz CT molecular complexity index is 339. The van der Waals surface area contributed by atoms with E-state index in [1.54, 1.807) is 7.11 Å². The third-order valence-corrected chi connectivity index (χ3v) is 2.73. The van der Waals surface area contributed by atoms with Crippen LogP contribution in [0.3, 0.4) is 0 Å². The summed E-state index contributed by atoms with van der Waals surface area (Å²) in [5.41, 5.74) is 0.971. The predicted molar refractivity (Wildman–Crippen MR) is 70.5 cm³/mol. The normalized spacial score (nSPS) is 10.6. The second kappa shape index (κ2) is 7.09. The van der Waals surface area contributed by atoms with Crippen LogP contribution in [-0.4, -0.2) is 23.6 Å². The molecule has 17 heavy (non-hydrogen) atoms. The molecule has 0 aliphatic heterocycles. The van der Waals surface area contributed by atoms with Gasteiger partial charge in [0.1, 0.15) is 12.1 Å². The zero-order chi connectivity index (χ0) is 12.7. The van der Waals surface area contributed by atoms with Gasteiger partial charge in [0.05, 0.1) is 12.7 Å². The van der Waals surface area contributed by atoms with Crippen molar-refractivity contribution in [3.63, 3.8) is 0 Å². The van der Waals surface area contributed by atoms with E-state index in [-0.39, 0.29) is 0 Å². The molecule has 1 rings (SSSR count). The van der Waals surface area contributed by atoms with E-state index < -0.39 is 0 Å². The molecule has 4 nitrogen and oxygen atoms in total. The fourth-order valence-corrected chi connectivity index (χ4v) is 1.70. The molecule has 0 atom stereocenters. The molecule has 1 N–H and O–H groups in total. The van der Waals surface area contributed by atoms with Crippen molar-refractivity contribution < 1.29 is 4.74 Å². The van der Waals surface area contributed by atoms with E-state index in [1.807, 2.05) is 6.92 Å². The van der Waals surface area contributed by atoms with Crippen molar-refractivity contribution in [2.45, 2.75) is 40.0 Å². The van der Waals surface area contributed by atoms with Gasteiger partial charge in [-0.05, 0) is 19.3 Å². The molecule has 0 amide bonds. The highest BCUT2D eigenvalue weighted by molar-refractivity contribution is 5.47. The minimum absolute atomic E-state index is 0.643. The largest absolute Gasteiger partial charge is 0.481 e. The van der Waals surface area contributed by atoms with Gasteiger partial charge in [0.25, 0.3) is 0 Å². The zero-order valence-corrected chi connectivity index (χ0v) is 11.3. The van der Waals surface area contributed by atoms with Gasteiger partial charge in [-0.25, -0.2) is 9.97 Å². The first-order valence-corrected chi connectivity index (χ1v) is 6.24. The summed E-state index contributed by atoms with van der Waals surface area (Å²) in [6.07, 6.45) is 5.24. The van der Waals surface area contributed by atoms with Crippen LogP contribution in [0.2, 0.25) is 0 Å². The van der Waals surface area contributed by atoms with Crippen molar-refractivity contribution in [3.8, 4) is 5.88 Å². The van der Waals surface area contributed by atoms with Gasteiger partial charge in [-0.2, -0.15) is 0 Å². The van der Waals surface area contributed by atoms with Crippen LogP contribution < -0.4 is 10.1 Å². The summed E-state index contributed by atoms with van der Waals surface area (Å²) in [5, 5.41) is 3.33. The summed E-state index contributed by atoms with van der Waals surface area (Å²) in [6, 6.07) is 0. The molecule has 1 heterocycles. The third kappa shape index (κ3) is 4.59. The Hall–Kier alpha value is -1.32. The first kappa shape index (κ1) is 13.7. The molecular formula is C13H23N3O. The molecule has 1 aromatic rings. The van der Waals surface area contributed by atoms with E-state index in [9.17, 15) is 0 Å². The standard InChI is InChI=1S/C13H23N3O/c1-10(2)7-5-6-8-14-12-11(3)13(17-4)16-9-15-12/h9-10H,5-8H2,1-4H3,(H,14,15,16). The van der Waals surface area contributed by atoms with Gasteiger partial charge in [-0.3, -0.25) is 0 Å². The lowest BCUT2D eigenvalue weighted by Gasteiger charge is -2.10. The number of hydrogen-bond donors (Lipinski definition) is 1. The van der Waals surface area contributed by atoms with Crippen LogP contribution in [0.1, 0.15) is 38.7 Å². The molecule has 0 radical (unpaired) electrons. The number of rotatable bonds is 7. The number of ether oxygens (including phenoxy) is 1. The van der Waals surface area contributed by atoms with Gasteiger partial charge in [-0.15, -0.1) is 0 Å². The maximum Gasteiger partial charge on any atom is 0.221 e. The van der Waals surface area contributed by atoms with E-state index >= 15 is 0 Å². The molecule has 0 aliphatic carbocycles. The first-order valence-electron chi connectivity index (χ1n) is 6.24. The molecule has 1 aromatic heterocycles. The summed E-state index contributed by atoms with van der Waals surface area (Å²) < 4.78 is 5.15. The summed E-state index contributed by atoms with van der Waals surface area (Å²) in [5.74, 6) is 2.31. The van der Waals surface area contributed by atoms with Crippen molar-refractivity contribution in [1.29, 1.82) is 0 Å². The lowest BCUT2D eigenvalue weighted by atomic mass is 10.1. The highest BCUT2D eigenvalue weighted by Gasteiger charge is 2.05. The van der Waals surface area contributed by atoms with E-state index in [2.05, 4.69) is 29.1 Å². The molecule has 4 heteroatoms. The topological polar surface area (TPSA) is 47.0 Å². The monoisotopic (exact) mass is 237 g/mol. The van der Waals surface area contributed by atoms with Crippen molar-refractivity contribution in [2.24, 2.45) is 5.92 Å². The SMILES string of the molecule is COc1ncnc(NCCCCC(C)C)c1C. The van der Waals surface area contributed by atoms with E-state index in [0.29, 0.717) is 5.88 Å². The smallest absolute Gasteiger partial charge is 0.221 e. The van der Waals surface area contributed by atoms with Crippen LogP contribution in [0, 0.1) is 12.8 Å². The van der Waals surface area contributed by atoms with Crippen LogP contribution >= 0.6 is 0 Å². The molecule has 0 saturated carbocycles. The molecule has 96 valence electrons. The van der Waals surface area contributed by atoms with Crippen LogP contribution in [0.15, 0.2) is 6.33 Å². The predicted octanol–water partition coefficient (Wildman–Crippen LogP) is 3.03. The van der Waals surface area contributed by atoms with Gasteiger partial charge in [0.15, 0.2) is 0 Å². The Balaban J connectivity index is 2.36. The summed E-state index contributed by atoms with van der Waals surface area (Å²) in [7, 11) is 1.63. The average molecular weight is 237 g/mol. The quantitative estimate of drug-likeness (QED) is 0.740. The van der Waals surface area contributed by atoms with Crippen LogP contribution in [0.4, 0.5) is 5.82 Å². The molecular weight excluding hydrogens is 214 g/mol. The van der Waals surface area contributed by atoms with Gasteiger partial charge in [-0.1, -0.05) is 26.7 Å². The fraction of sp³-hybridized carbons (Fsp3) is 0.692. The number of anilines is 1. The minimum Gasteiger partial charge on any atom is -0.481 e. The van der Waals surface area contributed by atoms with Gasteiger partial charge in [0, 0.05) is 6.54 Å². The Morgan fingerprint density at radius 2 is 2.06 bits per heavy atom. The van der Waals surface area contributed by atoms with Gasteiger partial charge < -0.3 is 10.1 Å². The number of hydrogen-bond acceptors (Lipinski definition) is 4. The summed E-state index contributed by atoms with van der Waals surface area (Å²) >= 11 is 0. The lowest BCUT2D eigenvalue weighted by molar-refractivity contribution is 0.393. The zero-order valence-electron chi connectivity index (χ0n) is 11.3. The Morgan fingerprint density at radius 3 is 2.71 bits per heavy atom. The van der Waals surface area contributed by atoms with E-state index in [0.717, 1.165) is 23.8 Å². The van der Waals surface area contributed by atoms with Crippen LogP contribution in [0.25, 0.3) is 0 Å². The molecule has 0 bridgehead atoms. The lowest BCUT2D eigenvalue weighted by Crippen LogP contribution is -2.07. The Labute approximate surface area is 104 Å². The Kier molecular flexibility index (Phi) is 5.73. The Morgan fingerprint density at radius 1 is 1.29 bits per heavy atom. The van der Waals surface area contributed by atoms with E-state index in [1.165, 1.54) is 25.6 Å². The van der Waals surface area contributed by atoms with Crippen molar-refractivity contribution in [3.05, 3.63) is 11.9 Å². The maximum absolute atomic E-state index is 5.15. The molecule has 0 unspecified atom stereocenters. The summed E-state index contributed by atoms with van der Waals surface area (Å²) in [4.78, 5) is 8.27. The van der Waals surface area contributed by atoms with E-state index in [4.69, 9.17) is 4.74 Å². The minimum atomic E-state index is 0.643. The molecule has 0 fully saturated rings. The highest BCUT2D eigenvalue weighted by atomic mass is 16.5. The van der Waals surface area contributed by atoms with Gasteiger partial charge in [0.2, 0.25) is 5.88 Å². The molecule has 0 saturated heterocycles. The third-order valence-electron chi connectivity index (χ3n) is 2.73. The maximum atomic E-state index is 5.15. The second-order valence-corrected chi connectivity index (χ2v) is 4.67. The van der Waals surface area contributed by atoms with Crippen molar-refractivity contribution in [2.75, 3.05) is 19.0 Å². The van der Waals surface area contributed by atoms with Crippen molar-refractivity contribution in [1.82, 2.24) is 9.97 Å². The molecule has 0 aromatic carbocycles. The number of methoxy groups -OCH3 is 1.